The lowest BCUT2D eigenvalue weighted by Gasteiger charge is -2.30. The van der Waals surface area contributed by atoms with Gasteiger partial charge in [-0.05, 0) is 37.1 Å². The Balaban J connectivity index is 1.85. The second-order valence-electron chi connectivity index (χ2n) is 5.98. The van der Waals surface area contributed by atoms with E-state index < -0.39 is 6.17 Å². The largest absolute Gasteiger partial charge is 0.290 e. The molecule has 2 heterocycles. The molecule has 5 heteroatoms. The van der Waals surface area contributed by atoms with Crippen LogP contribution in [0.3, 0.4) is 0 Å². The molecule has 23 heavy (non-hydrogen) atoms. The summed E-state index contributed by atoms with van der Waals surface area (Å²) in [4.78, 5) is 16.7. The highest BCUT2D eigenvalue weighted by molar-refractivity contribution is 6.31. The van der Waals surface area contributed by atoms with E-state index in [0.717, 1.165) is 19.4 Å². The zero-order chi connectivity index (χ0) is 16.0. The molecular formula is C18H16ClFN2O. The van der Waals surface area contributed by atoms with E-state index in [9.17, 15) is 9.18 Å². The molecule has 0 bridgehead atoms. The number of carbonyl (C=O) groups is 1. The predicted octanol–water partition coefficient (Wildman–Crippen LogP) is 3.99. The maximum atomic E-state index is 14.4. The van der Waals surface area contributed by atoms with E-state index >= 15 is 0 Å². The number of halogens is 2. The summed E-state index contributed by atoms with van der Waals surface area (Å²) in [6.45, 7) is 0.798. The van der Waals surface area contributed by atoms with Gasteiger partial charge in [-0.3, -0.25) is 14.6 Å². The summed E-state index contributed by atoms with van der Waals surface area (Å²) in [5.74, 6) is -0.261. The quantitative estimate of drug-likeness (QED) is 0.831. The van der Waals surface area contributed by atoms with Gasteiger partial charge in [0.2, 0.25) is 5.91 Å². The van der Waals surface area contributed by atoms with Crippen molar-refractivity contribution in [3.05, 3.63) is 64.9 Å². The second-order valence-corrected chi connectivity index (χ2v) is 6.42. The van der Waals surface area contributed by atoms with Gasteiger partial charge in [0, 0.05) is 22.8 Å². The Morgan fingerprint density at radius 2 is 1.96 bits per heavy atom. The molecule has 0 radical (unpaired) electrons. The first-order chi connectivity index (χ1) is 11.2. The topological polar surface area (TPSA) is 23.6 Å². The molecule has 4 rings (SSSR count). The molecule has 2 saturated heterocycles. The van der Waals surface area contributed by atoms with Gasteiger partial charge in [0.05, 0.1) is 6.04 Å². The molecule has 2 fully saturated rings. The van der Waals surface area contributed by atoms with Crippen molar-refractivity contribution >= 4 is 23.2 Å². The Kier molecular flexibility index (Phi) is 3.58. The van der Waals surface area contributed by atoms with Gasteiger partial charge >= 0.3 is 0 Å². The Bertz CT molecular complexity index is 766. The minimum Gasteiger partial charge on any atom is -0.290 e. The summed E-state index contributed by atoms with van der Waals surface area (Å²) in [5.41, 5.74) is 1.25. The third kappa shape index (κ3) is 2.33. The van der Waals surface area contributed by atoms with Crippen LogP contribution in [0.1, 0.15) is 24.6 Å². The molecule has 0 aliphatic carbocycles. The van der Waals surface area contributed by atoms with E-state index in [4.69, 9.17) is 11.6 Å². The molecule has 2 aliphatic rings. The first kappa shape index (κ1) is 14.7. The normalized spacial score (nSPS) is 24.3. The van der Waals surface area contributed by atoms with Gasteiger partial charge in [0.1, 0.15) is 12.0 Å². The Morgan fingerprint density at radius 1 is 1.13 bits per heavy atom. The molecule has 1 amide bonds. The van der Waals surface area contributed by atoms with Crippen LogP contribution in [0.5, 0.6) is 0 Å². The summed E-state index contributed by atoms with van der Waals surface area (Å²) in [5, 5.41) is 0.564. The number of nitrogens with zero attached hydrogens (tertiary/aromatic N) is 2. The number of fused-ring (bicyclic) bond motifs is 1. The van der Waals surface area contributed by atoms with E-state index in [1.807, 2.05) is 18.2 Å². The van der Waals surface area contributed by atoms with Crippen molar-refractivity contribution in [1.82, 2.24) is 4.90 Å². The number of hydrogen-bond acceptors (Lipinski definition) is 2. The van der Waals surface area contributed by atoms with E-state index in [0.29, 0.717) is 16.3 Å². The number of amides is 1. The van der Waals surface area contributed by atoms with Crippen LogP contribution in [0, 0.1) is 5.82 Å². The molecule has 0 spiro atoms. The molecule has 0 unspecified atom stereocenters. The first-order valence-electron chi connectivity index (χ1n) is 7.75. The SMILES string of the molecule is O=C1[C@@H]2CCCN2[C@@H](c2ccccc2F)N1c1cccc(Cl)c1. The monoisotopic (exact) mass is 330 g/mol. The molecule has 3 nitrogen and oxygen atoms in total. The minimum atomic E-state index is -0.408. The lowest BCUT2D eigenvalue weighted by molar-refractivity contribution is -0.119. The summed E-state index contributed by atoms with van der Waals surface area (Å²) < 4.78 is 14.4. The highest BCUT2D eigenvalue weighted by Crippen LogP contribution is 2.43. The molecule has 0 saturated carbocycles. The molecule has 0 N–H and O–H groups in total. The van der Waals surface area contributed by atoms with Gasteiger partial charge in [-0.1, -0.05) is 35.9 Å². The van der Waals surface area contributed by atoms with Gasteiger partial charge in [-0.2, -0.15) is 0 Å². The molecule has 2 aromatic carbocycles. The van der Waals surface area contributed by atoms with Gasteiger partial charge in [-0.25, -0.2) is 4.39 Å². The van der Waals surface area contributed by atoms with Crippen LogP contribution in [0.4, 0.5) is 10.1 Å². The molecular weight excluding hydrogens is 315 g/mol. The van der Waals surface area contributed by atoms with Crippen molar-refractivity contribution in [2.75, 3.05) is 11.4 Å². The maximum absolute atomic E-state index is 14.4. The third-order valence-electron chi connectivity index (χ3n) is 4.65. The third-order valence-corrected chi connectivity index (χ3v) is 4.88. The van der Waals surface area contributed by atoms with E-state index in [2.05, 4.69) is 4.90 Å². The summed E-state index contributed by atoms with van der Waals surface area (Å²) in [6.07, 6.45) is 1.38. The van der Waals surface area contributed by atoms with Crippen molar-refractivity contribution < 1.29 is 9.18 Å². The zero-order valence-electron chi connectivity index (χ0n) is 12.5. The van der Waals surface area contributed by atoms with Crippen LogP contribution >= 0.6 is 11.6 Å². The number of carbonyl (C=O) groups excluding carboxylic acids is 1. The highest BCUT2D eigenvalue weighted by Gasteiger charge is 2.49. The average molecular weight is 331 g/mol. The average Bonchev–Trinajstić information content (AvgIpc) is 3.10. The lowest BCUT2D eigenvalue weighted by atomic mass is 10.1. The van der Waals surface area contributed by atoms with Crippen LogP contribution < -0.4 is 4.90 Å². The first-order valence-corrected chi connectivity index (χ1v) is 8.13. The van der Waals surface area contributed by atoms with Crippen molar-refractivity contribution in [3.63, 3.8) is 0 Å². The van der Waals surface area contributed by atoms with Gasteiger partial charge < -0.3 is 0 Å². The van der Waals surface area contributed by atoms with Crippen molar-refractivity contribution in [3.8, 4) is 0 Å². The Morgan fingerprint density at radius 3 is 2.74 bits per heavy atom. The van der Waals surface area contributed by atoms with Crippen molar-refractivity contribution in [2.24, 2.45) is 0 Å². The number of rotatable bonds is 2. The second kappa shape index (κ2) is 5.62. The smallest absolute Gasteiger partial charge is 0.246 e. The Hall–Kier alpha value is -1.91. The van der Waals surface area contributed by atoms with Crippen LogP contribution in [0.15, 0.2) is 48.5 Å². The molecule has 0 aromatic heterocycles. The summed E-state index contributed by atoms with van der Waals surface area (Å²) in [6, 6.07) is 13.7. The van der Waals surface area contributed by atoms with E-state index in [1.54, 1.807) is 29.2 Å². The van der Waals surface area contributed by atoms with Crippen LogP contribution in [-0.2, 0) is 4.79 Å². The van der Waals surface area contributed by atoms with E-state index in [-0.39, 0.29) is 17.8 Å². The van der Waals surface area contributed by atoms with Crippen LogP contribution in [-0.4, -0.2) is 23.4 Å². The number of benzene rings is 2. The molecule has 2 atom stereocenters. The van der Waals surface area contributed by atoms with Gasteiger partial charge in [0.15, 0.2) is 0 Å². The molecule has 2 aliphatic heterocycles. The Labute approximate surface area is 139 Å². The van der Waals surface area contributed by atoms with E-state index in [1.165, 1.54) is 6.07 Å². The lowest BCUT2D eigenvalue weighted by Crippen LogP contribution is -2.32. The highest BCUT2D eigenvalue weighted by atomic mass is 35.5. The fourth-order valence-electron chi connectivity index (χ4n) is 3.67. The fourth-order valence-corrected chi connectivity index (χ4v) is 3.86. The zero-order valence-corrected chi connectivity index (χ0v) is 13.2. The van der Waals surface area contributed by atoms with Crippen LogP contribution in [0.25, 0.3) is 0 Å². The summed E-state index contributed by atoms with van der Waals surface area (Å²) in [7, 11) is 0. The van der Waals surface area contributed by atoms with Gasteiger partial charge in [-0.15, -0.1) is 0 Å². The summed E-state index contributed by atoms with van der Waals surface area (Å²) >= 11 is 6.09. The van der Waals surface area contributed by atoms with Crippen LogP contribution in [0.2, 0.25) is 5.02 Å². The predicted molar refractivity (Wildman–Crippen MR) is 87.8 cm³/mol. The number of anilines is 1. The standard InChI is InChI=1S/C18H16ClFN2O/c19-12-5-3-6-13(11-12)22-17(14-7-1-2-8-15(14)20)21-10-4-9-16(21)18(22)23/h1-3,5-8,11,16-17H,4,9-10H2/t16-,17+/m0/s1. The minimum absolute atomic E-state index is 0.0259. The maximum Gasteiger partial charge on any atom is 0.246 e. The number of hydrogen-bond donors (Lipinski definition) is 0. The van der Waals surface area contributed by atoms with Crippen molar-refractivity contribution in [2.45, 2.75) is 25.0 Å². The molecule has 118 valence electrons. The van der Waals surface area contributed by atoms with Crippen molar-refractivity contribution in [1.29, 1.82) is 0 Å². The fraction of sp³-hybridized carbons (Fsp3) is 0.278. The molecule has 2 aromatic rings. The van der Waals surface area contributed by atoms with Gasteiger partial charge in [0.25, 0.3) is 0 Å².